The Labute approximate surface area is 145 Å². The van der Waals surface area contributed by atoms with Crippen LogP contribution in [0, 0.1) is 5.82 Å². The number of amides is 1. The molecule has 0 spiro atoms. The molecule has 0 saturated heterocycles. The van der Waals surface area contributed by atoms with Crippen molar-refractivity contribution in [1.29, 1.82) is 0 Å². The number of rotatable bonds is 4. The van der Waals surface area contributed by atoms with Crippen LogP contribution in [0.25, 0.3) is 11.0 Å². The Morgan fingerprint density at radius 2 is 1.80 bits per heavy atom. The maximum Gasteiger partial charge on any atom is 0.274 e. The van der Waals surface area contributed by atoms with Gasteiger partial charge < -0.3 is 4.90 Å². The predicted octanol–water partition coefficient (Wildman–Crippen LogP) is 4.13. The van der Waals surface area contributed by atoms with Crippen molar-refractivity contribution < 1.29 is 9.18 Å². The summed E-state index contributed by atoms with van der Waals surface area (Å²) in [5.74, 6) is -0.491. The zero-order valence-electron chi connectivity index (χ0n) is 13.9. The summed E-state index contributed by atoms with van der Waals surface area (Å²) >= 11 is 0. The molecule has 126 valence electrons. The highest BCUT2D eigenvalue weighted by molar-refractivity contribution is 5.94. The number of hydrogen-bond donors (Lipinski definition) is 0. The molecule has 1 aliphatic carbocycles. The van der Waals surface area contributed by atoms with Gasteiger partial charge in [-0.3, -0.25) is 9.78 Å². The summed E-state index contributed by atoms with van der Waals surface area (Å²) in [6.07, 6.45) is 3.38. The van der Waals surface area contributed by atoms with Gasteiger partial charge in [-0.25, -0.2) is 9.37 Å². The summed E-state index contributed by atoms with van der Waals surface area (Å²) in [7, 11) is 0. The lowest BCUT2D eigenvalue weighted by Crippen LogP contribution is -2.36. The van der Waals surface area contributed by atoms with Gasteiger partial charge in [0, 0.05) is 11.6 Å². The number of benzene rings is 2. The molecule has 0 bridgehead atoms. The molecule has 1 aliphatic rings. The lowest BCUT2D eigenvalue weighted by atomic mass is 10.1. The Balaban J connectivity index is 1.70. The van der Waals surface area contributed by atoms with Gasteiger partial charge in [-0.1, -0.05) is 30.3 Å². The Morgan fingerprint density at radius 1 is 1.12 bits per heavy atom. The van der Waals surface area contributed by atoms with Crippen LogP contribution in [-0.4, -0.2) is 26.8 Å². The topological polar surface area (TPSA) is 46.1 Å². The molecule has 0 radical (unpaired) electrons. The summed E-state index contributed by atoms with van der Waals surface area (Å²) in [6.45, 7) is 1.86. The molecule has 4 nitrogen and oxygen atoms in total. The monoisotopic (exact) mass is 335 g/mol. The Morgan fingerprint density at radius 3 is 2.52 bits per heavy atom. The number of hydrogen-bond acceptors (Lipinski definition) is 3. The van der Waals surface area contributed by atoms with Crippen molar-refractivity contribution in [1.82, 2.24) is 14.9 Å². The molecule has 25 heavy (non-hydrogen) atoms. The van der Waals surface area contributed by atoms with E-state index < -0.39 is 0 Å². The Bertz CT molecular complexity index is 939. The van der Waals surface area contributed by atoms with Gasteiger partial charge >= 0.3 is 0 Å². The van der Waals surface area contributed by atoms with Gasteiger partial charge in [-0.05, 0) is 38.0 Å². The van der Waals surface area contributed by atoms with E-state index in [2.05, 4.69) is 9.97 Å². The van der Waals surface area contributed by atoms with Crippen molar-refractivity contribution in [2.75, 3.05) is 0 Å². The minimum absolute atomic E-state index is 0.135. The maximum atomic E-state index is 14.2. The van der Waals surface area contributed by atoms with Gasteiger partial charge in [0.2, 0.25) is 0 Å². The fourth-order valence-electron chi connectivity index (χ4n) is 3.17. The number of carbonyl (C=O) groups is 1. The smallest absolute Gasteiger partial charge is 0.274 e. The molecule has 5 heteroatoms. The molecular formula is C20H18FN3O. The molecule has 1 amide bonds. The Kier molecular flexibility index (Phi) is 3.92. The van der Waals surface area contributed by atoms with E-state index in [1.165, 1.54) is 12.3 Å². The molecule has 0 N–H and O–H groups in total. The van der Waals surface area contributed by atoms with Crippen molar-refractivity contribution in [3.05, 3.63) is 71.8 Å². The number of aromatic nitrogens is 2. The SMILES string of the molecule is CC(c1ccccc1F)N(C(=O)c1cnc2ccccc2n1)C1CC1. The average molecular weight is 335 g/mol. The minimum atomic E-state index is -0.352. The third-order valence-electron chi connectivity index (χ3n) is 4.62. The highest BCUT2D eigenvalue weighted by Gasteiger charge is 2.38. The van der Waals surface area contributed by atoms with Crippen molar-refractivity contribution in [3.8, 4) is 0 Å². The number of fused-ring (bicyclic) bond motifs is 1. The first-order chi connectivity index (χ1) is 12.1. The number of para-hydroxylation sites is 2. The number of carbonyl (C=O) groups excluding carboxylic acids is 1. The van der Waals surface area contributed by atoms with Crippen LogP contribution < -0.4 is 0 Å². The maximum absolute atomic E-state index is 14.2. The molecule has 1 fully saturated rings. The third kappa shape index (κ3) is 2.97. The fraction of sp³-hybridized carbons (Fsp3) is 0.250. The highest BCUT2D eigenvalue weighted by atomic mass is 19.1. The zero-order chi connectivity index (χ0) is 17.4. The molecule has 0 aliphatic heterocycles. The molecular weight excluding hydrogens is 317 g/mol. The molecule has 1 atom stereocenters. The van der Waals surface area contributed by atoms with E-state index in [1.807, 2.05) is 31.2 Å². The van der Waals surface area contributed by atoms with E-state index in [0.717, 1.165) is 18.4 Å². The van der Waals surface area contributed by atoms with Crippen LogP contribution in [0.2, 0.25) is 0 Å². The minimum Gasteiger partial charge on any atom is -0.327 e. The number of halogens is 1. The first kappa shape index (κ1) is 15.7. The van der Waals surface area contributed by atoms with Crippen LogP contribution in [0.5, 0.6) is 0 Å². The van der Waals surface area contributed by atoms with Crippen molar-refractivity contribution in [3.63, 3.8) is 0 Å². The van der Waals surface area contributed by atoms with Crippen molar-refractivity contribution in [2.24, 2.45) is 0 Å². The summed E-state index contributed by atoms with van der Waals surface area (Å²) < 4.78 is 14.2. The second-order valence-electron chi connectivity index (χ2n) is 6.39. The largest absolute Gasteiger partial charge is 0.327 e. The van der Waals surface area contributed by atoms with Gasteiger partial charge in [-0.2, -0.15) is 0 Å². The van der Waals surface area contributed by atoms with Crippen molar-refractivity contribution in [2.45, 2.75) is 31.8 Å². The molecule has 1 heterocycles. The fourth-order valence-corrected chi connectivity index (χ4v) is 3.17. The molecule has 1 unspecified atom stereocenters. The van der Waals surface area contributed by atoms with Crippen LogP contribution in [0.15, 0.2) is 54.7 Å². The third-order valence-corrected chi connectivity index (χ3v) is 4.62. The highest BCUT2D eigenvalue weighted by Crippen LogP contribution is 2.36. The van der Waals surface area contributed by atoms with Crippen LogP contribution in [0.3, 0.4) is 0 Å². The van der Waals surface area contributed by atoms with Crippen LogP contribution in [-0.2, 0) is 0 Å². The standard InChI is InChI=1S/C20H18FN3O/c1-13(15-6-2-3-7-16(15)21)24(14-10-11-14)20(25)19-12-22-17-8-4-5-9-18(17)23-19/h2-9,12-14H,10-11H2,1H3. The summed E-state index contributed by atoms with van der Waals surface area (Å²) in [6, 6.07) is 13.8. The van der Waals surface area contributed by atoms with E-state index in [0.29, 0.717) is 16.8 Å². The van der Waals surface area contributed by atoms with Gasteiger partial charge in [0.1, 0.15) is 11.5 Å². The van der Waals surface area contributed by atoms with Gasteiger partial charge in [-0.15, -0.1) is 0 Å². The molecule has 4 rings (SSSR count). The zero-order valence-corrected chi connectivity index (χ0v) is 13.9. The number of nitrogens with zero attached hydrogens (tertiary/aromatic N) is 3. The predicted molar refractivity (Wildman–Crippen MR) is 93.5 cm³/mol. The van der Waals surface area contributed by atoms with Gasteiger partial charge in [0.15, 0.2) is 0 Å². The van der Waals surface area contributed by atoms with E-state index in [4.69, 9.17) is 0 Å². The van der Waals surface area contributed by atoms with E-state index >= 15 is 0 Å². The first-order valence-electron chi connectivity index (χ1n) is 8.44. The van der Waals surface area contributed by atoms with Gasteiger partial charge in [0.05, 0.1) is 23.3 Å². The lowest BCUT2D eigenvalue weighted by molar-refractivity contribution is 0.0665. The van der Waals surface area contributed by atoms with Crippen LogP contribution >= 0.6 is 0 Å². The molecule has 2 aromatic carbocycles. The Hall–Kier alpha value is -2.82. The van der Waals surface area contributed by atoms with Crippen molar-refractivity contribution >= 4 is 16.9 Å². The molecule has 3 aromatic rings. The first-order valence-corrected chi connectivity index (χ1v) is 8.44. The second-order valence-corrected chi connectivity index (χ2v) is 6.39. The van der Waals surface area contributed by atoms with E-state index in [1.54, 1.807) is 23.1 Å². The normalized spacial score (nSPS) is 15.1. The second kappa shape index (κ2) is 6.24. The average Bonchev–Trinajstić information content (AvgIpc) is 3.46. The quantitative estimate of drug-likeness (QED) is 0.720. The van der Waals surface area contributed by atoms with E-state index in [-0.39, 0.29) is 23.8 Å². The summed E-state index contributed by atoms with van der Waals surface area (Å²) in [4.78, 5) is 23.6. The summed E-state index contributed by atoms with van der Waals surface area (Å²) in [5, 5.41) is 0. The van der Waals surface area contributed by atoms with Crippen LogP contribution in [0.1, 0.15) is 41.9 Å². The van der Waals surface area contributed by atoms with Crippen LogP contribution in [0.4, 0.5) is 4.39 Å². The van der Waals surface area contributed by atoms with E-state index in [9.17, 15) is 9.18 Å². The van der Waals surface area contributed by atoms with Gasteiger partial charge in [0.25, 0.3) is 5.91 Å². The molecule has 1 saturated carbocycles. The molecule has 1 aromatic heterocycles. The lowest BCUT2D eigenvalue weighted by Gasteiger charge is -2.29. The summed E-state index contributed by atoms with van der Waals surface area (Å²) in [5.41, 5.74) is 2.26.